The van der Waals surface area contributed by atoms with Crippen LogP contribution in [0.4, 0.5) is 0 Å². The molecular weight excluding hydrogens is 344 g/mol. The van der Waals surface area contributed by atoms with Crippen LogP contribution in [0.2, 0.25) is 0 Å². The first-order chi connectivity index (χ1) is 12.6. The molecule has 0 amide bonds. The average Bonchev–Trinajstić information content (AvgIpc) is 2.76. The highest BCUT2D eigenvalue weighted by atomic mass is 16.7. The molecule has 0 radical (unpaired) electrons. The highest BCUT2D eigenvalue weighted by molar-refractivity contribution is 5.92. The Labute approximate surface area is 161 Å². The molecule has 1 aliphatic heterocycles. The molecule has 0 spiro atoms. The fraction of sp³-hybridized carbons (Fsp3) is 0.636. The molecule has 1 N–H and O–H groups in total. The van der Waals surface area contributed by atoms with Gasteiger partial charge in [-0.2, -0.15) is 0 Å². The van der Waals surface area contributed by atoms with Crippen molar-refractivity contribution in [3.63, 3.8) is 0 Å². The van der Waals surface area contributed by atoms with E-state index in [1.807, 2.05) is 6.92 Å². The first-order valence-electron chi connectivity index (χ1n) is 9.75. The van der Waals surface area contributed by atoms with E-state index in [1.54, 1.807) is 13.0 Å². The summed E-state index contributed by atoms with van der Waals surface area (Å²) in [5, 5.41) is 11.1. The van der Waals surface area contributed by atoms with E-state index >= 15 is 0 Å². The van der Waals surface area contributed by atoms with Gasteiger partial charge in [-0.15, -0.1) is 0 Å². The van der Waals surface area contributed by atoms with Crippen LogP contribution >= 0.6 is 0 Å². The minimum Gasteiger partial charge on any atom is -0.462 e. The third-order valence-electron chi connectivity index (χ3n) is 6.62. The normalized spacial score (nSPS) is 36.9. The predicted octanol–water partition coefficient (Wildman–Crippen LogP) is 3.97. The largest absolute Gasteiger partial charge is 0.462 e. The molecular formula is C22H30O5. The lowest BCUT2D eigenvalue weighted by atomic mass is 9.60. The van der Waals surface area contributed by atoms with Gasteiger partial charge in [0, 0.05) is 29.9 Å². The molecule has 0 aromatic carbocycles. The van der Waals surface area contributed by atoms with Gasteiger partial charge < -0.3 is 14.6 Å². The standard InChI is InChI=1S/C22H30O5/c1-13-7-6-10-21(5)17(14(2)8-9-19(21)26-16(4)23)11-18-15(3)20(24)27-22(18,25)12-13/h8,12,17,19,25H,6-7,9-11H2,1-5H3. The van der Waals surface area contributed by atoms with Crippen LogP contribution in [0, 0.1) is 11.3 Å². The van der Waals surface area contributed by atoms with Crippen molar-refractivity contribution < 1.29 is 24.2 Å². The van der Waals surface area contributed by atoms with Gasteiger partial charge in [-0.1, -0.05) is 24.1 Å². The lowest BCUT2D eigenvalue weighted by Gasteiger charge is -2.47. The van der Waals surface area contributed by atoms with Crippen LogP contribution in [0.5, 0.6) is 0 Å². The second-order valence-corrected chi connectivity index (χ2v) is 8.58. The molecule has 5 nitrogen and oxygen atoms in total. The number of hydrogen-bond donors (Lipinski definition) is 1. The predicted molar refractivity (Wildman–Crippen MR) is 101 cm³/mol. The van der Waals surface area contributed by atoms with Crippen molar-refractivity contribution in [1.82, 2.24) is 0 Å². The molecule has 2 aliphatic carbocycles. The van der Waals surface area contributed by atoms with Gasteiger partial charge >= 0.3 is 11.9 Å². The summed E-state index contributed by atoms with van der Waals surface area (Å²) < 4.78 is 11.1. The van der Waals surface area contributed by atoms with Gasteiger partial charge in [-0.05, 0) is 58.4 Å². The molecule has 3 aliphatic rings. The zero-order valence-corrected chi connectivity index (χ0v) is 16.9. The Balaban J connectivity index is 2.10. The fourth-order valence-corrected chi connectivity index (χ4v) is 5.01. The summed E-state index contributed by atoms with van der Waals surface area (Å²) in [6.07, 6.45) is 7.43. The minimum atomic E-state index is -1.67. The Morgan fingerprint density at radius 2 is 2.04 bits per heavy atom. The summed E-state index contributed by atoms with van der Waals surface area (Å²) in [6.45, 7) is 9.38. The van der Waals surface area contributed by atoms with Crippen molar-refractivity contribution in [2.45, 2.75) is 78.6 Å². The Kier molecular flexibility index (Phi) is 5.10. The molecule has 0 fully saturated rings. The van der Waals surface area contributed by atoms with E-state index in [2.05, 4.69) is 19.9 Å². The number of rotatable bonds is 1. The van der Waals surface area contributed by atoms with E-state index < -0.39 is 11.8 Å². The van der Waals surface area contributed by atoms with E-state index in [-0.39, 0.29) is 23.4 Å². The SMILES string of the molecule is CC(=O)OC1CC=C(C)C2CC3=C(C)C(=O)OC3(O)C=C(C)CCCC12C. The van der Waals surface area contributed by atoms with Crippen LogP contribution in [0.3, 0.4) is 0 Å². The first-order valence-corrected chi connectivity index (χ1v) is 9.75. The Hall–Kier alpha value is -1.88. The summed E-state index contributed by atoms with van der Waals surface area (Å²) in [6, 6.07) is 0. The van der Waals surface area contributed by atoms with Gasteiger partial charge in [0.25, 0.3) is 5.79 Å². The second kappa shape index (κ2) is 6.93. The summed E-state index contributed by atoms with van der Waals surface area (Å²) in [4.78, 5) is 23.9. The molecule has 0 saturated carbocycles. The monoisotopic (exact) mass is 374 g/mol. The summed E-state index contributed by atoms with van der Waals surface area (Å²) in [5.74, 6) is -2.34. The number of carbonyl (C=O) groups is 2. The maximum atomic E-state index is 12.2. The van der Waals surface area contributed by atoms with Crippen molar-refractivity contribution in [2.24, 2.45) is 11.3 Å². The number of aliphatic hydroxyl groups is 1. The second-order valence-electron chi connectivity index (χ2n) is 8.58. The third kappa shape index (κ3) is 3.49. The lowest BCUT2D eigenvalue weighted by Crippen LogP contribution is -2.46. The molecule has 4 atom stereocenters. The van der Waals surface area contributed by atoms with Crippen LogP contribution in [0.15, 0.2) is 34.4 Å². The van der Waals surface area contributed by atoms with E-state index in [0.29, 0.717) is 24.0 Å². The molecule has 0 saturated heterocycles. The third-order valence-corrected chi connectivity index (χ3v) is 6.62. The highest BCUT2D eigenvalue weighted by Crippen LogP contribution is 2.52. The van der Waals surface area contributed by atoms with Gasteiger partial charge in [-0.25, -0.2) is 4.79 Å². The molecule has 27 heavy (non-hydrogen) atoms. The van der Waals surface area contributed by atoms with Gasteiger partial charge in [0.05, 0.1) is 0 Å². The van der Waals surface area contributed by atoms with Crippen molar-refractivity contribution in [3.05, 3.63) is 34.4 Å². The average molecular weight is 374 g/mol. The van der Waals surface area contributed by atoms with Gasteiger partial charge in [0.2, 0.25) is 0 Å². The molecule has 3 rings (SSSR count). The molecule has 0 bridgehead atoms. The number of hydrogen-bond acceptors (Lipinski definition) is 5. The van der Waals surface area contributed by atoms with Crippen LogP contribution in [0.1, 0.15) is 66.7 Å². The van der Waals surface area contributed by atoms with E-state index in [9.17, 15) is 14.7 Å². The van der Waals surface area contributed by atoms with Crippen LogP contribution < -0.4 is 0 Å². The zero-order chi connectivity index (χ0) is 20.0. The minimum absolute atomic E-state index is 0.0633. The van der Waals surface area contributed by atoms with Crippen LogP contribution in [0.25, 0.3) is 0 Å². The summed E-state index contributed by atoms with van der Waals surface area (Å²) >= 11 is 0. The van der Waals surface area contributed by atoms with E-state index in [1.165, 1.54) is 12.5 Å². The quantitative estimate of drug-likeness (QED) is 0.555. The molecule has 148 valence electrons. The molecule has 5 heteroatoms. The topological polar surface area (TPSA) is 72.8 Å². The van der Waals surface area contributed by atoms with Crippen molar-refractivity contribution in [3.8, 4) is 0 Å². The highest BCUT2D eigenvalue weighted by Gasteiger charge is 2.50. The number of ether oxygens (including phenoxy) is 2. The summed E-state index contributed by atoms with van der Waals surface area (Å²) in [7, 11) is 0. The first kappa shape index (κ1) is 19.9. The van der Waals surface area contributed by atoms with Crippen molar-refractivity contribution >= 4 is 11.9 Å². The molecule has 1 heterocycles. The maximum Gasteiger partial charge on any atom is 0.336 e. The summed E-state index contributed by atoms with van der Waals surface area (Å²) in [5.41, 5.74) is 3.05. The van der Waals surface area contributed by atoms with Gasteiger partial charge in [0.1, 0.15) is 6.10 Å². The Morgan fingerprint density at radius 3 is 2.70 bits per heavy atom. The number of allylic oxidation sites excluding steroid dienone is 2. The van der Waals surface area contributed by atoms with E-state index in [4.69, 9.17) is 9.47 Å². The lowest BCUT2D eigenvalue weighted by molar-refractivity contribution is -0.169. The van der Waals surface area contributed by atoms with Crippen LogP contribution in [-0.4, -0.2) is 28.9 Å². The van der Waals surface area contributed by atoms with E-state index in [0.717, 1.165) is 24.8 Å². The Bertz CT molecular complexity index is 759. The number of carbonyl (C=O) groups excluding carboxylic acids is 2. The van der Waals surface area contributed by atoms with Gasteiger partial charge in [0.15, 0.2) is 0 Å². The van der Waals surface area contributed by atoms with Gasteiger partial charge in [-0.3, -0.25) is 4.79 Å². The number of esters is 2. The Morgan fingerprint density at radius 1 is 1.33 bits per heavy atom. The smallest absolute Gasteiger partial charge is 0.336 e. The molecule has 4 unspecified atom stereocenters. The van der Waals surface area contributed by atoms with Crippen molar-refractivity contribution in [1.29, 1.82) is 0 Å². The molecule has 0 aromatic rings. The zero-order valence-electron chi connectivity index (χ0n) is 16.9. The van der Waals surface area contributed by atoms with Crippen LogP contribution in [-0.2, 0) is 19.1 Å². The number of fused-ring (bicyclic) bond motifs is 2. The molecule has 0 aromatic heterocycles. The maximum absolute atomic E-state index is 12.2. The fourth-order valence-electron chi connectivity index (χ4n) is 5.01. The van der Waals surface area contributed by atoms with Crippen molar-refractivity contribution in [2.75, 3.05) is 0 Å².